The second-order valence-corrected chi connectivity index (χ2v) is 2.44. The fraction of sp³-hybridized carbons (Fsp3) is 0.714. The number of hydrogen-bond donors (Lipinski definition) is 0. The van der Waals surface area contributed by atoms with Gasteiger partial charge in [-0.25, -0.2) is 0 Å². The Labute approximate surface area is 65.2 Å². The second kappa shape index (κ2) is 4.08. The van der Waals surface area contributed by atoms with Crippen LogP contribution in [0.15, 0.2) is 5.16 Å². The highest BCUT2D eigenvalue weighted by molar-refractivity contribution is 5.54. The van der Waals surface area contributed by atoms with Gasteiger partial charge in [0.25, 0.3) is 0 Å². The van der Waals surface area contributed by atoms with Crippen molar-refractivity contribution in [3.05, 3.63) is 0 Å². The number of ether oxygens (including phenoxy) is 1. The fourth-order valence-corrected chi connectivity index (χ4v) is 1.09. The van der Waals surface area contributed by atoms with Gasteiger partial charge in [-0.15, -0.1) is 5.16 Å². The van der Waals surface area contributed by atoms with E-state index >= 15 is 0 Å². The van der Waals surface area contributed by atoms with Crippen LogP contribution in [0.4, 0.5) is 0 Å². The van der Waals surface area contributed by atoms with Crippen LogP contribution < -0.4 is 0 Å². The summed E-state index contributed by atoms with van der Waals surface area (Å²) in [6, 6.07) is 0. The van der Waals surface area contributed by atoms with E-state index in [0.29, 0.717) is 19.6 Å². The first-order chi connectivity index (χ1) is 5.38. The summed E-state index contributed by atoms with van der Waals surface area (Å²) in [5.41, 5.74) is 0. The molecule has 0 N–H and O–H groups in total. The van der Waals surface area contributed by atoms with Crippen LogP contribution in [-0.2, 0) is 14.4 Å². The molecule has 0 aromatic rings. The Kier molecular flexibility index (Phi) is 3.04. The monoisotopic (exact) mass is 157 g/mol. The van der Waals surface area contributed by atoms with Crippen molar-refractivity contribution in [3.63, 3.8) is 0 Å². The molecule has 0 saturated carbocycles. The lowest BCUT2D eigenvalue weighted by Gasteiger charge is -2.25. The molecule has 1 heterocycles. The molecule has 0 aromatic carbocycles. The minimum Gasteiger partial charge on any atom is -0.392 e. The molecule has 1 fully saturated rings. The number of nitrogens with zero attached hydrogens (tertiary/aromatic N) is 1. The molecule has 4 nitrogen and oxygen atoms in total. The fourth-order valence-electron chi connectivity index (χ4n) is 1.09. The molecule has 0 radical (unpaired) electrons. The summed E-state index contributed by atoms with van der Waals surface area (Å²) in [6.07, 6.45) is 1.41. The topological polar surface area (TPSA) is 47.9 Å². The van der Waals surface area contributed by atoms with Gasteiger partial charge in [-0.05, 0) is 0 Å². The average Bonchev–Trinajstić information content (AvgIpc) is 2.06. The van der Waals surface area contributed by atoms with Crippen molar-refractivity contribution in [2.24, 2.45) is 11.1 Å². The van der Waals surface area contributed by atoms with Gasteiger partial charge in [0.1, 0.15) is 12.4 Å². The van der Waals surface area contributed by atoms with Crippen molar-refractivity contribution in [2.75, 3.05) is 13.2 Å². The zero-order valence-electron chi connectivity index (χ0n) is 6.23. The third kappa shape index (κ3) is 2.01. The largest absolute Gasteiger partial charge is 0.392 e. The van der Waals surface area contributed by atoms with E-state index < -0.39 is 0 Å². The van der Waals surface area contributed by atoms with E-state index in [-0.39, 0.29) is 12.0 Å². The highest BCUT2D eigenvalue weighted by Crippen LogP contribution is 2.15. The summed E-state index contributed by atoms with van der Waals surface area (Å²) in [7, 11) is 0. The lowest BCUT2D eigenvalue weighted by atomic mass is 10.0. The normalized spacial score (nSPS) is 30.9. The zero-order valence-corrected chi connectivity index (χ0v) is 6.23. The Bertz CT molecular complexity index is 149. The van der Waals surface area contributed by atoms with Crippen molar-refractivity contribution >= 4 is 13.0 Å². The maximum absolute atomic E-state index is 10.4. The highest BCUT2D eigenvalue weighted by atomic mass is 16.6. The van der Waals surface area contributed by atoms with Crippen LogP contribution in [0.25, 0.3) is 0 Å². The predicted molar refractivity (Wildman–Crippen MR) is 39.4 cm³/mol. The van der Waals surface area contributed by atoms with E-state index in [0.717, 1.165) is 6.29 Å². The minimum absolute atomic E-state index is 0.140. The molecule has 0 aliphatic carbocycles. The summed E-state index contributed by atoms with van der Waals surface area (Å²) in [4.78, 5) is 15.3. The summed E-state index contributed by atoms with van der Waals surface area (Å²) in [5.74, 6) is -0.186. The second-order valence-electron chi connectivity index (χ2n) is 2.44. The van der Waals surface area contributed by atoms with Gasteiger partial charge in [-0.2, -0.15) is 0 Å². The van der Waals surface area contributed by atoms with Crippen LogP contribution in [0, 0.1) is 5.92 Å². The van der Waals surface area contributed by atoms with E-state index in [9.17, 15) is 4.79 Å². The Morgan fingerprint density at radius 2 is 2.55 bits per heavy atom. The quantitative estimate of drug-likeness (QED) is 0.334. The van der Waals surface area contributed by atoms with Crippen LogP contribution in [0.5, 0.6) is 0 Å². The van der Waals surface area contributed by atoms with Gasteiger partial charge in [0, 0.05) is 13.1 Å². The standard InChI is InChI=1S/C7H11NO3/c1-8-11-7-2-3-10-5-6(7)4-9/h4,6-7H,1-3,5H2. The van der Waals surface area contributed by atoms with Crippen LogP contribution in [0.3, 0.4) is 0 Å². The molecular formula is C7H11NO3. The molecule has 1 aliphatic heterocycles. The van der Waals surface area contributed by atoms with Crippen molar-refractivity contribution in [1.29, 1.82) is 0 Å². The van der Waals surface area contributed by atoms with Crippen LogP contribution in [-0.4, -0.2) is 32.3 Å². The summed E-state index contributed by atoms with van der Waals surface area (Å²) in [6.45, 7) is 4.26. The van der Waals surface area contributed by atoms with E-state index in [1.165, 1.54) is 0 Å². The van der Waals surface area contributed by atoms with Gasteiger partial charge in [-0.3, -0.25) is 0 Å². The summed E-state index contributed by atoms with van der Waals surface area (Å²) >= 11 is 0. The van der Waals surface area contributed by atoms with Gasteiger partial charge in [0.2, 0.25) is 0 Å². The first-order valence-corrected chi connectivity index (χ1v) is 3.53. The first-order valence-electron chi connectivity index (χ1n) is 3.53. The molecule has 0 amide bonds. The van der Waals surface area contributed by atoms with Crippen molar-refractivity contribution in [3.8, 4) is 0 Å². The average molecular weight is 157 g/mol. The number of carbonyl (C=O) groups is 1. The molecule has 0 aromatic heterocycles. The lowest BCUT2D eigenvalue weighted by molar-refractivity contribution is -0.126. The SMILES string of the molecule is C=NOC1CCOCC1C=O. The molecule has 11 heavy (non-hydrogen) atoms. The van der Waals surface area contributed by atoms with Gasteiger partial charge in [-0.1, -0.05) is 0 Å². The molecule has 2 atom stereocenters. The molecule has 1 rings (SSSR count). The maximum atomic E-state index is 10.4. The smallest absolute Gasteiger partial charge is 0.141 e. The molecule has 1 aliphatic rings. The first kappa shape index (κ1) is 8.20. The van der Waals surface area contributed by atoms with E-state index in [1.807, 2.05) is 0 Å². The van der Waals surface area contributed by atoms with Gasteiger partial charge >= 0.3 is 0 Å². The molecule has 4 heteroatoms. The lowest BCUT2D eigenvalue weighted by Crippen LogP contribution is -2.33. The predicted octanol–water partition coefficient (Wildman–Crippen LogP) is 0.223. The van der Waals surface area contributed by atoms with Crippen molar-refractivity contribution < 1.29 is 14.4 Å². The Hall–Kier alpha value is -0.900. The molecule has 2 unspecified atom stereocenters. The van der Waals surface area contributed by atoms with Gasteiger partial charge < -0.3 is 14.4 Å². The molecule has 62 valence electrons. The van der Waals surface area contributed by atoms with Crippen molar-refractivity contribution in [1.82, 2.24) is 0 Å². The maximum Gasteiger partial charge on any atom is 0.141 e. The Morgan fingerprint density at radius 1 is 1.73 bits per heavy atom. The Balaban J connectivity index is 2.43. The van der Waals surface area contributed by atoms with E-state index in [2.05, 4.69) is 11.9 Å². The Morgan fingerprint density at radius 3 is 3.18 bits per heavy atom. The third-order valence-electron chi connectivity index (χ3n) is 1.72. The van der Waals surface area contributed by atoms with Crippen LogP contribution in [0.2, 0.25) is 0 Å². The molecular weight excluding hydrogens is 146 g/mol. The van der Waals surface area contributed by atoms with Gasteiger partial charge in [0.05, 0.1) is 19.1 Å². The van der Waals surface area contributed by atoms with E-state index in [1.54, 1.807) is 0 Å². The highest BCUT2D eigenvalue weighted by Gasteiger charge is 2.26. The summed E-state index contributed by atoms with van der Waals surface area (Å²) < 4.78 is 5.08. The molecule has 0 spiro atoms. The summed E-state index contributed by atoms with van der Waals surface area (Å²) in [5, 5.41) is 3.29. The third-order valence-corrected chi connectivity index (χ3v) is 1.72. The van der Waals surface area contributed by atoms with E-state index in [4.69, 9.17) is 9.57 Å². The number of aldehydes is 1. The molecule has 0 bridgehead atoms. The zero-order chi connectivity index (χ0) is 8.10. The number of oxime groups is 1. The number of carbonyl (C=O) groups excluding carboxylic acids is 1. The number of hydrogen-bond acceptors (Lipinski definition) is 4. The number of rotatable bonds is 3. The van der Waals surface area contributed by atoms with Crippen LogP contribution >= 0.6 is 0 Å². The van der Waals surface area contributed by atoms with Crippen LogP contribution in [0.1, 0.15) is 6.42 Å². The molecule has 1 saturated heterocycles. The van der Waals surface area contributed by atoms with Gasteiger partial charge in [0.15, 0.2) is 0 Å². The van der Waals surface area contributed by atoms with Crippen molar-refractivity contribution in [2.45, 2.75) is 12.5 Å². The minimum atomic E-state index is -0.186.